The zero-order chi connectivity index (χ0) is 19.6. The van der Waals surface area contributed by atoms with Gasteiger partial charge in [0.05, 0.1) is 4.92 Å². The summed E-state index contributed by atoms with van der Waals surface area (Å²) in [4.78, 5) is 22.1. The number of nitro groups is 1. The average molecular weight is 407 g/mol. The molecule has 0 radical (unpaired) electrons. The van der Waals surface area contributed by atoms with E-state index < -0.39 is 31.5 Å². The lowest BCUT2D eigenvalue weighted by Gasteiger charge is -2.11. The van der Waals surface area contributed by atoms with Crippen molar-refractivity contribution in [2.45, 2.75) is 4.90 Å². The highest BCUT2D eigenvalue weighted by Crippen LogP contribution is 2.29. The first-order valence-corrected chi connectivity index (χ1v) is 9.26. The summed E-state index contributed by atoms with van der Waals surface area (Å²) in [5, 5.41) is 11.2. The van der Waals surface area contributed by atoms with Crippen molar-refractivity contribution in [3.05, 3.63) is 87.7 Å². The van der Waals surface area contributed by atoms with Gasteiger partial charge in [-0.15, -0.1) is 0 Å². The van der Waals surface area contributed by atoms with Gasteiger partial charge in [0.2, 0.25) is 0 Å². The molecule has 1 heterocycles. The molecule has 0 aliphatic heterocycles. The number of nitrogens with zero attached hydrogens (tertiary/aromatic N) is 2. The van der Waals surface area contributed by atoms with Crippen molar-refractivity contribution in [1.82, 2.24) is 3.97 Å². The second kappa shape index (κ2) is 7.22. The van der Waals surface area contributed by atoms with Crippen LogP contribution in [0.3, 0.4) is 0 Å². The minimum atomic E-state index is -4.47. The van der Waals surface area contributed by atoms with Gasteiger partial charge >= 0.3 is 5.97 Å². The van der Waals surface area contributed by atoms with Gasteiger partial charge in [0.1, 0.15) is 11.4 Å². The van der Waals surface area contributed by atoms with Crippen LogP contribution in [0.5, 0.6) is 5.75 Å². The van der Waals surface area contributed by atoms with E-state index in [1.54, 1.807) is 18.2 Å². The summed E-state index contributed by atoms with van der Waals surface area (Å²) in [5.41, 5.74) is -0.969. The van der Waals surface area contributed by atoms with Crippen LogP contribution >= 0.6 is 11.6 Å². The van der Waals surface area contributed by atoms with Crippen molar-refractivity contribution in [3.8, 4) is 5.75 Å². The molecule has 0 unspecified atom stereocenters. The number of esters is 1. The van der Waals surface area contributed by atoms with E-state index in [4.69, 9.17) is 16.3 Å². The molecule has 138 valence electrons. The summed E-state index contributed by atoms with van der Waals surface area (Å²) in [6, 6.07) is 13.8. The van der Waals surface area contributed by atoms with Crippen LogP contribution in [0.4, 0.5) is 5.69 Å². The fourth-order valence-electron chi connectivity index (χ4n) is 2.33. The third kappa shape index (κ3) is 3.69. The predicted octanol–water partition coefficient (Wildman–Crippen LogP) is 3.51. The summed E-state index contributed by atoms with van der Waals surface area (Å²) in [5.74, 6) is -0.708. The third-order valence-corrected chi connectivity index (χ3v) is 5.49. The molecule has 0 saturated heterocycles. The highest BCUT2D eigenvalue weighted by molar-refractivity contribution is 7.90. The predicted molar refractivity (Wildman–Crippen MR) is 96.5 cm³/mol. The minimum absolute atomic E-state index is 0.000238. The fourth-order valence-corrected chi connectivity index (χ4v) is 4.09. The van der Waals surface area contributed by atoms with Gasteiger partial charge < -0.3 is 4.74 Å². The maximum Gasteiger partial charge on any atom is 0.361 e. The number of carbonyl (C=O) groups is 1. The molecule has 3 aromatic rings. The standard InChI is InChI=1S/C17H11ClN2O6S/c18-12-8-9-14(20(22)23)16(11-12)27(24,25)19-10-4-7-15(19)17(21)26-13-5-2-1-3-6-13/h1-11H. The highest BCUT2D eigenvalue weighted by atomic mass is 35.5. The Morgan fingerprint density at radius 2 is 1.78 bits per heavy atom. The molecular formula is C17H11ClN2O6S. The lowest BCUT2D eigenvalue weighted by molar-refractivity contribution is -0.387. The molecule has 0 atom stereocenters. The summed E-state index contributed by atoms with van der Waals surface area (Å²) >= 11 is 5.81. The van der Waals surface area contributed by atoms with Gasteiger partial charge in [0.15, 0.2) is 4.90 Å². The first-order chi connectivity index (χ1) is 12.8. The van der Waals surface area contributed by atoms with Crippen LogP contribution in [-0.4, -0.2) is 23.3 Å². The molecule has 27 heavy (non-hydrogen) atoms. The van der Waals surface area contributed by atoms with Gasteiger partial charge in [-0.25, -0.2) is 17.2 Å². The van der Waals surface area contributed by atoms with Gasteiger partial charge in [0, 0.05) is 17.3 Å². The maximum absolute atomic E-state index is 12.9. The van der Waals surface area contributed by atoms with Crippen LogP contribution in [0.25, 0.3) is 0 Å². The number of carbonyl (C=O) groups excluding carboxylic acids is 1. The number of aromatic nitrogens is 1. The van der Waals surface area contributed by atoms with Crippen molar-refractivity contribution in [1.29, 1.82) is 0 Å². The quantitative estimate of drug-likeness (QED) is 0.277. The van der Waals surface area contributed by atoms with Gasteiger partial charge in [-0.1, -0.05) is 29.8 Å². The van der Waals surface area contributed by atoms with E-state index in [1.807, 2.05) is 0 Å². The Bertz CT molecular complexity index is 1130. The van der Waals surface area contributed by atoms with Crippen molar-refractivity contribution >= 4 is 33.3 Å². The van der Waals surface area contributed by atoms with Crippen molar-refractivity contribution in [2.24, 2.45) is 0 Å². The molecule has 3 rings (SSSR count). The molecule has 0 N–H and O–H groups in total. The second-order valence-electron chi connectivity index (χ2n) is 5.27. The summed E-state index contributed by atoms with van der Waals surface area (Å²) in [6.45, 7) is 0. The Morgan fingerprint density at radius 3 is 2.44 bits per heavy atom. The zero-order valence-corrected chi connectivity index (χ0v) is 15.1. The smallest absolute Gasteiger partial charge is 0.361 e. The van der Waals surface area contributed by atoms with Crippen LogP contribution in [0.1, 0.15) is 10.5 Å². The number of para-hydroxylation sites is 1. The molecule has 10 heteroatoms. The molecule has 0 saturated carbocycles. The first-order valence-electron chi connectivity index (χ1n) is 7.45. The Balaban J connectivity index is 2.06. The lowest BCUT2D eigenvalue weighted by atomic mass is 10.3. The Morgan fingerprint density at radius 1 is 1.07 bits per heavy atom. The zero-order valence-electron chi connectivity index (χ0n) is 13.5. The van der Waals surface area contributed by atoms with Crippen LogP contribution in [0.2, 0.25) is 5.02 Å². The molecule has 0 aliphatic rings. The number of nitro benzene ring substituents is 1. The Kier molecular flexibility index (Phi) is 4.98. The number of rotatable bonds is 5. The number of halogens is 1. The van der Waals surface area contributed by atoms with Gasteiger partial charge in [-0.3, -0.25) is 10.1 Å². The monoisotopic (exact) mass is 406 g/mol. The van der Waals surface area contributed by atoms with Crippen LogP contribution in [0.15, 0.2) is 71.8 Å². The molecule has 0 bridgehead atoms. The van der Waals surface area contributed by atoms with E-state index in [2.05, 4.69) is 0 Å². The molecule has 0 amide bonds. The Hall–Kier alpha value is -3.17. The van der Waals surface area contributed by atoms with Gasteiger partial charge in [-0.2, -0.15) is 0 Å². The molecule has 0 fully saturated rings. The molecule has 0 aliphatic carbocycles. The van der Waals surface area contributed by atoms with E-state index in [0.717, 1.165) is 18.3 Å². The molecule has 8 nitrogen and oxygen atoms in total. The topological polar surface area (TPSA) is 109 Å². The van der Waals surface area contributed by atoms with E-state index in [0.29, 0.717) is 3.97 Å². The van der Waals surface area contributed by atoms with Gasteiger partial charge in [0.25, 0.3) is 15.7 Å². The molecule has 1 aromatic heterocycles. The molecule has 0 spiro atoms. The van der Waals surface area contributed by atoms with Crippen molar-refractivity contribution < 1.29 is 22.9 Å². The van der Waals surface area contributed by atoms with Gasteiger partial charge in [-0.05, 0) is 36.4 Å². The second-order valence-corrected chi connectivity index (χ2v) is 7.49. The Labute approximate surface area is 158 Å². The normalized spacial score (nSPS) is 11.1. The van der Waals surface area contributed by atoms with Crippen LogP contribution in [-0.2, 0) is 10.0 Å². The maximum atomic E-state index is 12.9. The fraction of sp³-hybridized carbons (Fsp3) is 0. The summed E-state index contributed by atoms with van der Waals surface area (Å²) in [7, 11) is -4.47. The van der Waals surface area contributed by atoms with Crippen molar-refractivity contribution in [3.63, 3.8) is 0 Å². The number of hydrogen-bond acceptors (Lipinski definition) is 6. The molecular weight excluding hydrogens is 396 g/mol. The van der Waals surface area contributed by atoms with Crippen LogP contribution < -0.4 is 4.74 Å². The SMILES string of the molecule is O=C(Oc1ccccc1)c1cccn1S(=O)(=O)c1cc(Cl)ccc1[N+](=O)[O-]. The average Bonchev–Trinajstić information content (AvgIpc) is 3.13. The number of benzene rings is 2. The number of ether oxygens (including phenoxy) is 1. The van der Waals surface area contributed by atoms with E-state index >= 15 is 0 Å². The summed E-state index contributed by atoms with van der Waals surface area (Å²) < 4.78 is 31.7. The highest BCUT2D eigenvalue weighted by Gasteiger charge is 2.30. The van der Waals surface area contributed by atoms with Crippen molar-refractivity contribution in [2.75, 3.05) is 0 Å². The van der Waals surface area contributed by atoms with E-state index in [9.17, 15) is 23.3 Å². The summed E-state index contributed by atoms with van der Waals surface area (Å²) in [6.07, 6.45) is 1.10. The van der Waals surface area contributed by atoms with Crippen LogP contribution in [0, 0.1) is 10.1 Å². The first kappa shape index (κ1) is 18.6. The lowest BCUT2D eigenvalue weighted by Crippen LogP contribution is -2.21. The largest absolute Gasteiger partial charge is 0.422 e. The van der Waals surface area contributed by atoms with E-state index in [1.165, 1.54) is 30.3 Å². The number of hydrogen-bond donors (Lipinski definition) is 0. The third-order valence-electron chi connectivity index (χ3n) is 3.53. The van der Waals surface area contributed by atoms with E-state index in [-0.39, 0.29) is 16.5 Å². The minimum Gasteiger partial charge on any atom is -0.422 e. The molecule has 2 aromatic carbocycles.